The van der Waals surface area contributed by atoms with E-state index in [0.717, 1.165) is 0 Å². The number of ether oxygens (including phenoxy) is 2. The zero-order valence-corrected chi connectivity index (χ0v) is 11.3. The lowest BCUT2D eigenvalue weighted by Gasteiger charge is -2.42. The molecule has 0 atom stereocenters. The quantitative estimate of drug-likeness (QED) is 0.805. The Labute approximate surface area is 125 Å². The molecule has 1 aromatic carbocycles. The van der Waals surface area contributed by atoms with Crippen LogP contribution in [0.3, 0.4) is 0 Å². The van der Waals surface area contributed by atoms with Crippen molar-refractivity contribution in [2.45, 2.75) is 20.9 Å². The van der Waals surface area contributed by atoms with E-state index in [-0.39, 0.29) is 33.7 Å². The maximum Gasteiger partial charge on any atom is 0.457 e. The van der Waals surface area contributed by atoms with Crippen LogP contribution in [0, 0.1) is 0 Å². The van der Waals surface area contributed by atoms with Crippen molar-refractivity contribution in [3.63, 3.8) is 0 Å². The third-order valence-electron chi connectivity index (χ3n) is 2.89. The highest BCUT2D eigenvalue weighted by molar-refractivity contribution is 8.00. The maximum atomic E-state index is 13.2. The first-order chi connectivity index (χ1) is 8.98. The number of methoxy groups -OCH3 is 1. The molecule has 8 radical (unpaired) electrons. The third-order valence-corrected chi connectivity index (χ3v) is 3.75. The number of hydrogen-bond acceptors (Lipinski definition) is 4. The maximum absolute atomic E-state index is 13.2. The summed E-state index contributed by atoms with van der Waals surface area (Å²) < 4.78 is 36.0. The van der Waals surface area contributed by atoms with E-state index in [0.29, 0.717) is 0 Å². The molecule has 0 amide bonds. The van der Waals surface area contributed by atoms with Crippen molar-refractivity contribution in [1.29, 1.82) is 0 Å². The van der Waals surface area contributed by atoms with Crippen LogP contribution < -0.4 is 15.2 Å². The fourth-order valence-corrected chi connectivity index (χ4v) is 2.46. The van der Waals surface area contributed by atoms with Crippen molar-refractivity contribution >= 4 is 43.1 Å². The van der Waals surface area contributed by atoms with E-state index < -0.39 is 16.0 Å². The van der Waals surface area contributed by atoms with Gasteiger partial charge in [0, 0.05) is 0 Å². The van der Waals surface area contributed by atoms with Gasteiger partial charge in [0.2, 0.25) is 0 Å². The standard InChI is InChI=1S/C10H7B4F2NO2S/c1-18-5-3-7-6(19-10(15,16)20-7)2-4(5)8(11,12)9(13,14)17/h2-3H,17H2,1H3. The minimum Gasteiger partial charge on any atom is -0.496 e. The van der Waals surface area contributed by atoms with Crippen LogP contribution >= 0.6 is 11.8 Å². The van der Waals surface area contributed by atoms with Crippen molar-refractivity contribution in [1.82, 2.24) is 0 Å². The molecular weight excluding hydrogens is 279 g/mol. The number of nitrogens with two attached hydrogens (primary N) is 1. The van der Waals surface area contributed by atoms with Gasteiger partial charge in [-0.25, -0.2) is 0 Å². The highest BCUT2D eigenvalue weighted by Crippen LogP contribution is 2.52. The zero-order chi connectivity index (χ0) is 15.3. The fraction of sp³-hybridized carbons (Fsp3) is 0.400. The van der Waals surface area contributed by atoms with Gasteiger partial charge in [-0.2, -0.15) is 8.78 Å². The molecule has 1 aliphatic heterocycles. The minimum atomic E-state index is -3.37. The molecule has 1 aliphatic rings. The smallest absolute Gasteiger partial charge is 0.457 e. The number of hydrogen-bond donors (Lipinski definition) is 1. The van der Waals surface area contributed by atoms with E-state index >= 15 is 0 Å². The minimum absolute atomic E-state index is 0.0598. The van der Waals surface area contributed by atoms with Gasteiger partial charge in [0.25, 0.3) is 0 Å². The van der Waals surface area contributed by atoms with Crippen molar-refractivity contribution in [2.24, 2.45) is 5.73 Å². The molecule has 0 saturated heterocycles. The van der Waals surface area contributed by atoms with Gasteiger partial charge in [-0.1, -0.05) is 10.6 Å². The molecule has 2 N–H and O–H groups in total. The van der Waals surface area contributed by atoms with Gasteiger partial charge in [-0.3, -0.25) is 0 Å². The van der Waals surface area contributed by atoms with Gasteiger partial charge >= 0.3 is 5.44 Å². The van der Waals surface area contributed by atoms with Gasteiger partial charge in [0.05, 0.1) is 43.4 Å². The predicted molar refractivity (Wildman–Crippen MR) is 76.0 cm³/mol. The second-order valence-electron chi connectivity index (χ2n) is 4.47. The molecule has 1 heterocycles. The molecule has 10 heteroatoms. The van der Waals surface area contributed by atoms with Crippen LogP contribution in [0.15, 0.2) is 17.0 Å². The summed E-state index contributed by atoms with van der Waals surface area (Å²) in [5, 5.41) is -3.91. The summed E-state index contributed by atoms with van der Waals surface area (Å²) in [5.41, 5.74) is 2.21. The molecule has 96 valence electrons. The Morgan fingerprint density at radius 2 is 1.90 bits per heavy atom. The van der Waals surface area contributed by atoms with E-state index in [9.17, 15) is 8.78 Å². The van der Waals surface area contributed by atoms with Crippen molar-refractivity contribution < 1.29 is 18.3 Å². The van der Waals surface area contributed by atoms with Gasteiger partial charge in [0.1, 0.15) is 11.5 Å². The SMILES string of the molecule is [B]C([B])(N)C([B])([B])c1cc2c(cc1OC)SC(F)(F)O2. The summed E-state index contributed by atoms with van der Waals surface area (Å²) in [4.78, 5) is 0.183. The fourth-order valence-electron chi connectivity index (χ4n) is 1.70. The zero-order valence-electron chi connectivity index (χ0n) is 10.5. The molecule has 20 heavy (non-hydrogen) atoms. The lowest BCUT2D eigenvalue weighted by atomic mass is 9.32. The van der Waals surface area contributed by atoms with Gasteiger partial charge in [-0.05, 0) is 29.5 Å². The summed E-state index contributed by atoms with van der Waals surface area (Å²) in [6, 6.07) is 2.51. The molecule has 0 aliphatic carbocycles. The molecule has 1 aromatic rings. The Bertz CT molecular complexity index is 551. The normalized spacial score (nSPS) is 17.4. The van der Waals surface area contributed by atoms with Gasteiger partial charge in [-0.15, -0.1) is 0 Å². The first-order valence-corrected chi connectivity index (χ1v) is 6.22. The van der Waals surface area contributed by atoms with Crippen LogP contribution in [-0.4, -0.2) is 49.3 Å². The molecule has 0 spiro atoms. The van der Waals surface area contributed by atoms with Crippen LogP contribution in [-0.2, 0) is 5.21 Å². The van der Waals surface area contributed by atoms with Crippen LogP contribution in [0.1, 0.15) is 5.56 Å². The summed E-state index contributed by atoms with van der Waals surface area (Å²) in [7, 11) is 24.0. The number of benzene rings is 1. The van der Waals surface area contributed by atoms with Crippen molar-refractivity contribution in [3.05, 3.63) is 17.7 Å². The van der Waals surface area contributed by atoms with Crippen LogP contribution in [0.25, 0.3) is 0 Å². The molecule has 0 saturated carbocycles. The van der Waals surface area contributed by atoms with Crippen LogP contribution in [0.2, 0.25) is 0 Å². The Hall–Kier alpha value is -0.750. The second-order valence-corrected chi connectivity index (χ2v) is 5.59. The molecule has 0 aromatic heterocycles. The number of thioether (sulfide) groups is 1. The summed E-state index contributed by atoms with van der Waals surface area (Å²) in [6.45, 7) is 0. The molecule has 0 unspecified atom stereocenters. The van der Waals surface area contributed by atoms with Crippen molar-refractivity contribution in [3.8, 4) is 11.5 Å². The monoisotopic (exact) mass is 287 g/mol. The lowest BCUT2D eigenvalue weighted by Crippen LogP contribution is -2.60. The Morgan fingerprint density at radius 1 is 1.30 bits per heavy atom. The van der Waals surface area contributed by atoms with E-state index in [4.69, 9.17) is 41.9 Å². The number of halogens is 2. The Balaban J connectivity index is 2.57. The topological polar surface area (TPSA) is 44.5 Å². The predicted octanol–water partition coefficient (Wildman–Crippen LogP) is 0.169. The first kappa shape index (κ1) is 15.6. The second kappa shape index (κ2) is 4.63. The molecule has 2 rings (SSSR count). The largest absolute Gasteiger partial charge is 0.496 e. The van der Waals surface area contributed by atoms with Crippen LogP contribution in [0.4, 0.5) is 8.78 Å². The van der Waals surface area contributed by atoms with E-state index in [1.165, 1.54) is 19.2 Å². The summed E-state index contributed by atoms with van der Waals surface area (Å²) in [6.07, 6.45) is 0. The number of fused-ring (bicyclic) bond motifs is 1. The molecule has 0 fully saturated rings. The van der Waals surface area contributed by atoms with E-state index in [1.54, 1.807) is 0 Å². The third kappa shape index (κ3) is 2.55. The van der Waals surface area contributed by atoms with Crippen molar-refractivity contribution in [2.75, 3.05) is 7.11 Å². The molecule has 0 bridgehead atoms. The average Bonchev–Trinajstić information content (AvgIpc) is 2.58. The Kier molecular flexibility index (Phi) is 3.62. The lowest BCUT2D eigenvalue weighted by molar-refractivity contribution is -0.0822. The van der Waals surface area contributed by atoms with E-state index in [1.807, 2.05) is 0 Å². The average molecular weight is 286 g/mol. The first-order valence-electron chi connectivity index (χ1n) is 5.40. The van der Waals surface area contributed by atoms with E-state index in [2.05, 4.69) is 4.74 Å². The van der Waals surface area contributed by atoms with Gasteiger partial charge < -0.3 is 15.2 Å². The number of rotatable bonds is 3. The number of alkyl halides is 2. The highest BCUT2D eigenvalue weighted by atomic mass is 32.2. The highest BCUT2D eigenvalue weighted by Gasteiger charge is 2.44. The van der Waals surface area contributed by atoms with Crippen LogP contribution in [0.5, 0.6) is 11.5 Å². The molecule has 3 nitrogen and oxygen atoms in total. The molecular formula is C10H7B4F2NO2S. The van der Waals surface area contributed by atoms with Gasteiger partial charge in [0.15, 0.2) is 0 Å². The Morgan fingerprint density at radius 3 is 2.40 bits per heavy atom. The summed E-state index contributed by atoms with van der Waals surface area (Å²) >= 11 is 0.239. The summed E-state index contributed by atoms with van der Waals surface area (Å²) in [5.74, 6) is 0.0357.